The number of carbonyl (C=O) groups is 1. The molecular formula is C28H47N7O2. The molecule has 0 saturated carbocycles. The van der Waals surface area contributed by atoms with Gasteiger partial charge in [-0.15, -0.1) is 0 Å². The van der Waals surface area contributed by atoms with Crippen molar-refractivity contribution in [2.45, 2.75) is 72.6 Å². The Morgan fingerprint density at radius 3 is 2.27 bits per heavy atom. The Bertz CT molecular complexity index is 977. The second-order valence-corrected chi connectivity index (χ2v) is 11.6. The van der Waals surface area contributed by atoms with Crippen molar-refractivity contribution in [2.24, 2.45) is 11.3 Å². The van der Waals surface area contributed by atoms with Gasteiger partial charge < -0.3 is 23.7 Å². The molecule has 2 aliphatic rings. The van der Waals surface area contributed by atoms with Gasteiger partial charge in [0.2, 0.25) is 0 Å². The molecule has 4 rings (SSSR count). The molecule has 2 fully saturated rings. The zero-order valence-corrected chi connectivity index (χ0v) is 23.4. The first-order valence-electron chi connectivity index (χ1n) is 14.1. The van der Waals surface area contributed by atoms with Gasteiger partial charge in [0.05, 0.1) is 19.7 Å². The number of aryl methyl sites for hydroxylation is 1. The molecule has 0 bridgehead atoms. The van der Waals surface area contributed by atoms with Gasteiger partial charge in [-0.05, 0) is 77.2 Å². The Labute approximate surface area is 222 Å². The van der Waals surface area contributed by atoms with Gasteiger partial charge in [0.15, 0.2) is 0 Å². The lowest BCUT2D eigenvalue weighted by Crippen LogP contribution is -2.42. The van der Waals surface area contributed by atoms with Crippen LogP contribution in [0.15, 0.2) is 24.8 Å². The molecule has 9 nitrogen and oxygen atoms in total. The maximum atomic E-state index is 11.9. The summed E-state index contributed by atoms with van der Waals surface area (Å²) in [6.07, 6.45) is 12.8. The second-order valence-electron chi connectivity index (χ2n) is 11.6. The van der Waals surface area contributed by atoms with Crippen molar-refractivity contribution < 1.29 is 9.53 Å². The summed E-state index contributed by atoms with van der Waals surface area (Å²) in [5.41, 5.74) is 0.565. The van der Waals surface area contributed by atoms with Gasteiger partial charge in [-0.25, -0.2) is 9.97 Å². The van der Waals surface area contributed by atoms with Gasteiger partial charge >= 0.3 is 5.97 Å². The molecule has 37 heavy (non-hydrogen) atoms. The molecule has 1 spiro atoms. The molecule has 2 aromatic rings. The van der Waals surface area contributed by atoms with Gasteiger partial charge in [0.25, 0.3) is 0 Å². The number of nitrogens with zero attached hydrogens (tertiary/aromatic N) is 7. The molecule has 2 aliphatic heterocycles. The van der Waals surface area contributed by atoms with E-state index >= 15 is 0 Å². The Balaban J connectivity index is 1.20. The third-order valence-corrected chi connectivity index (χ3v) is 7.96. The lowest BCUT2D eigenvalue weighted by Gasteiger charge is -2.40. The Morgan fingerprint density at radius 1 is 1.00 bits per heavy atom. The molecule has 0 aliphatic carbocycles. The Hall–Kier alpha value is -2.23. The average Bonchev–Trinajstić information content (AvgIpc) is 3.57. The van der Waals surface area contributed by atoms with Crippen LogP contribution in [0.1, 0.15) is 58.1 Å². The predicted molar refractivity (Wildman–Crippen MR) is 145 cm³/mol. The summed E-state index contributed by atoms with van der Waals surface area (Å²) >= 11 is 0. The molecular weight excluding hydrogens is 466 g/mol. The highest BCUT2D eigenvalue weighted by Gasteiger charge is 2.40. The van der Waals surface area contributed by atoms with Gasteiger partial charge in [-0.3, -0.25) is 9.69 Å². The van der Waals surface area contributed by atoms with Crippen LogP contribution in [0, 0.1) is 11.3 Å². The van der Waals surface area contributed by atoms with E-state index in [4.69, 9.17) is 4.74 Å². The summed E-state index contributed by atoms with van der Waals surface area (Å²) in [5.74, 6) is 2.45. The van der Waals surface area contributed by atoms with Crippen molar-refractivity contribution in [3.8, 4) is 0 Å². The molecule has 2 aromatic heterocycles. The Kier molecular flexibility index (Phi) is 9.78. The van der Waals surface area contributed by atoms with Crippen LogP contribution in [0.2, 0.25) is 0 Å². The molecule has 0 radical (unpaired) electrons. The number of hydrogen-bond donors (Lipinski definition) is 0. The number of piperidine rings is 1. The molecule has 0 unspecified atom stereocenters. The molecule has 9 heteroatoms. The van der Waals surface area contributed by atoms with Crippen molar-refractivity contribution in [3.63, 3.8) is 0 Å². The number of aromatic nitrogens is 4. The smallest absolute Gasteiger partial charge is 0.325 e. The Morgan fingerprint density at radius 2 is 1.62 bits per heavy atom. The van der Waals surface area contributed by atoms with Crippen molar-refractivity contribution >= 4 is 5.97 Å². The normalized spacial score (nSPS) is 18.4. The van der Waals surface area contributed by atoms with E-state index in [2.05, 4.69) is 56.3 Å². The lowest BCUT2D eigenvalue weighted by molar-refractivity contribution is -0.143. The topological polar surface area (TPSA) is 71.7 Å². The highest BCUT2D eigenvalue weighted by Crippen LogP contribution is 2.40. The number of carbonyl (C=O) groups excluding carboxylic acids is 1. The summed E-state index contributed by atoms with van der Waals surface area (Å²) in [4.78, 5) is 28.5. The first kappa shape index (κ1) is 27.8. The number of esters is 1. The zero-order valence-electron chi connectivity index (χ0n) is 23.4. The third kappa shape index (κ3) is 7.88. The van der Waals surface area contributed by atoms with Crippen molar-refractivity contribution in [2.75, 3.05) is 52.9 Å². The van der Waals surface area contributed by atoms with Crippen LogP contribution < -0.4 is 0 Å². The monoisotopic (exact) mass is 513 g/mol. The first-order valence-corrected chi connectivity index (χ1v) is 14.1. The summed E-state index contributed by atoms with van der Waals surface area (Å²) in [5, 5.41) is 0. The molecule has 206 valence electrons. The molecule has 0 atom stereocenters. The van der Waals surface area contributed by atoms with Gasteiger partial charge in [-0.2, -0.15) is 0 Å². The number of rotatable bonds is 13. The first-order chi connectivity index (χ1) is 17.9. The lowest BCUT2D eigenvalue weighted by atomic mass is 9.77. The van der Waals surface area contributed by atoms with Gasteiger partial charge in [-0.1, -0.05) is 13.8 Å². The fourth-order valence-corrected chi connectivity index (χ4v) is 6.03. The van der Waals surface area contributed by atoms with Crippen LogP contribution in [0.25, 0.3) is 0 Å². The van der Waals surface area contributed by atoms with Crippen LogP contribution in [-0.2, 0) is 35.7 Å². The fourth-order valence-electron chi connectivity index (χ4n) is 6.03. The number of imidazole rings is 2. The van der Waals surface area contributed by atoms with Crippen LogP contribution in [0.4, 0.5) is 0 Å². The van der Waals surface area contributed by atoms with E-state index in [-0.39, 0.29) is 12.5 Å². The van der Waals surface area contributed by atoms with Gasteiger partial charge in [0.1, 0.15) is 18.2 Å². The maximum Gasteiger partial charge on any atom is 0.325 e. The van der Waals surface area contributed by atoms with Crippen molar-refractivity contribution in [1.82, 2.24) is 33.8 Å². The molecule has 2 saturated heterocycles. The SMILES string of the molecule is CCOC(=O)Cn1ccnc1CN(C)Cc1nccn1CCCN1CCC2(CCN(CC(C)C)CC2)C1. The minimum absolute atomic E-state index is 0.194. The maximum absolute atomic E-state index is 11.9. The van der Waals surface area contributed by atoms with Crippen LogP contribution in [-0.4, -0.2) is 92.7 Å². The summed E-state index contributed by atoms with van der Waals surface area (Å²) in [6, 6.07) is 0. The van der Waals surface area contributed by atoms with E-state index in [0.717, 1.165) is 43.6 Å². The van der Waals surface area contributed by atoms with Crippen molar-refractivity contribution in [1.29, 1.82) is 0 Å². The average molecular weight is 514 g/mol. The number of ether oxygens (including phenoxy) is 1. The number of hydrogen-bond acceptors (Lipinski definition) is 7. The van der Waals surface area contributed by atoms with E-state index in [9.17, 15) is 4.79 Å². The third-order valence-electron chi connectivity index (χ3n) is 7.96. The van der Waals surface area contributed by atoms with Crippen LogP contribution >= 0.6 is 0 Å². The van der Waals surface area contributed by atoms with Crippen molar-refractivity contribution in [3.05, 3.63) is 36.4 Å². The minimum atomic E-state index is -0.236. The van der Waals surface area contributed by atoms with E-state index in [1.807, 2.05) is 23.9 Å². The molecule has 4 heterocycles. The fraction of sp³-hybridized carbons (Fsp3) is 0.750. The zero-order chi connectivity index (χ0) is 26.3. The highest BCUT2D eigenvalue weighted by molar-refractivity contribution is 5.69. The van der Waals surface area contributed by atoms with E-state index < -0.39 is 0 Å². The summed E-state index contributed by atoms with van der Waals surface area (Å²) < 4.78 is 9.23. The largest absolute Gasteiger partial charge is 0.465 e. The summed E-state index contributed by atoms with van der Waals surface area (Å²) in [6.45, 7) is 16.9. The van der Waals surface area contributed by atoms with E-state index in [1.54, 1.807) is 6.20 Å². The van der Waals surface area contributed by atoms with Crippen LogP contribution in [0.3, 0.4) is 0 Å². The molecule has 0 aromatic carbocycles. The second kappa shape index (κ2) is 13.0. The van der Waals surface area contributed by atoms with E-state index in [0.29, 0.717) is 18.6 Å². The van der Waals surface area contributed by atoms with E-state index in [1.165, 1.54) is 52.0 Å². The van der Waals surface area contributed by atoms with Gasteiger partial charge in [0, 0.05) is 44.4 Å². The quantitative estimate of drug-likeness (QED) is 0.381. The molecule has 0 amide bonds. The van der Waals surface area contributed by atoms with Crippen LogP contribution in [0.5, 0.6) is 0 Å². The molecule has 0 N–H and O–H groups in total. The standard InChI is InChI=1S/C28H47N7O2/c1-5-37-27(36)22-35-18-11-30-26(35)21-31(4)20-25-29-10-17-34(25)13-6-12-33-16-9-28(23-33)7-14-32(15-8-28)19-24(2)3/h10-11,17-18,24H,5-9,12-16,19-23H2,1-4H3. The number of likely N-dealkylation sites (tertiary alicyclic amines) is 2. The minimum Gasteiger partial charge on any atom is -0.465 e. The highest BCUT2D eigenvalue weighted by atomic mass is 16.5. The predicted octanol–water partition coefficient (Wildman–Crippen LogP) is 3.11. The summed E-state index contributed by atoms with van der Waals surface area (Å²) in [7, 11) is 2.07.